The van der Waals surface area contributed by atoms with Crippen LogP contribution in [0.15, 0.2) is 73.1 Å². The molecule has 0 spiro atoms. The summed E-state index contributed by atoms with van der Waals surface area (Å²) in [6, 6.07) is 15.8. The number of hydrogen-bond acceptors (Lipinski definition) is 5. The van der Waals surface area contributed by atoms with Gasteiger partial charge in [0.1, 0.15) is 12.4 Å². The third-order valence-electron chi connectivity index (χ3n) is 4.45. The van der Waals surface area contributed by atoms with Gasteiger partial charge in [0.15, 0.2) is 5.78 Å². The van der Waals surface area contributed by atoms with Crippen LogP contribution in [0.25, 0.3) is 11.1 Å². The van der Waals surface area contributed by atoms with Crippen LogP contribution >= 0.6 is 0 Å². The monoisotopic (exact) mass is 393 g/mol. The Bertz CT molecular complexity index is 997. The van der Waals surface area contributed by atoms with Gasteiger partial charge in [-0.1, -0.05) is 36.4 Å². The molecule has 3 rings (SSSR count). The van der Waals surface area contributed by atoms with Gasteiger partial charge in [0.05, 0.1) is 11.7 Å². The van der Waals surface area contributed by atoms with Crippen LogP contribution in [0.5, 0.6) is 0 Å². The highest BCUT2D eigenvalue weighted by molar-refractivity contribution is 6.00. The molecule has 0 bridgehead atoms. The second kappa shape index (κ2) is 9.07. The molecule has 0 aliphatic heterocycles. The molecule has 2 aromatic carbocycles. The number of carbonyl (C=O) groups is 2. The van der Waals surface area contributed by atoms with E-state index in [1.54, 1.807) is 73.9 Å². The summed E-state index contributed by atoms with van der Waals surface area (Å²) in [5.41, 5.74) is 4.87. The van der Waals surface area contributed by atoms with E-state index in [1.807, 2.05) is 0 Å². The number of anilines is 1. The highest BCUT2D eigenvalue weighted by Gasteiger charge is 2.25. The van der Waals surface area contributed by atoms with E-state index in [0.717, 1.165) is 11.1 Å². The van der Waals surface area contributed by atoms with E-state index >= 15 is 0 Å². The Morgan fingerprint density at radius 1 is 1.07 bits per heavy atom. The number of halogens is 1. The Morgan fingerprint density at radius 2 is 1.76 bits per heavy atom. The number of rotatable bonds is 8. The zero-order chi connectivity index (χ0) is 20.8. The van der Waals surface area contributed by atoms with Crippen molar-refractivity contribution in [1.82, 2.24) is 9.99 Å². The van der Waals surface area contributed by atoms with Crippen LogP contribution in [0, 0.1) is 5.82 Å². The van der Waals surface area contributed by atoms with Crippen molar-refractivity contribution in [1.29, 1.82) is 0 Å². The quantitative estimate of drug-likeness (QED) is 0.447. The lowest BCUT2D eigenvalue weighted by molar-refractivity contribution is -0.138. The fraction of sp³-hybridized carbons (Fsp3) is 0.136. The van der Waals surface area contributed by atoms with E-state index in [-0.39, 0.29) is 11.5 Å². The number of aliphatic carboxylic acids is 1. The Balaban J connectivity index is 1.89. The van der Waals surface area contributed by atoms with Gasteiger partial charge in [0.25, 0.3) is 0 Å². The van der Waals surface area contributed by atoms with E-state index in [2.05, 4.69) is 10.4 Å². The van der Waals surface area contributed by atoms with Crippen LogP contribution in [-0.4, -0.2) is 39.4 Å². The van der Waals surface area contributed by atoms with Gasteiger partial charge in [-0.3, -0.25) is 14.6 Å². The SMILES string of the molecule is CC(C(=O)c1ccccc1)N(CC(=O)O)Nc1cc(-c2ccncc2)ccc1F. The molecule has 0 saturated carbocycles. The number of Topliss-reactive ketones (excluding diaryl/α,β-unsaturated/α-hetero) is 1. The molecule has 0 fully saturated rings. The minimum atomic E-state index is -1.14. The fourth-order valence-corrected chi connectivity index (χ4v) is 2.89. The second-order valence-corrected chi connectivity index (χ2v) is 6.47. The standard InChI is InChI=1S/C22H20FN3O3/c1-15(22(29)17-5-3-2-4-6-17)26(14-21(27)28)25-20-13-18(7-8-19(20)23)16-9-11-24-12-10-16/h2-13,15,25H,14H2,1H3,(H,27,28). The van der Waals surface area contributed by atoms with Crippen molar-refractivity contribution in [2.24, 2.45) is 0 Å². The predicted molar refractivity (Wildman–Crippen MR) is 108 cm³/mol. The molecule has 0 aliphatic rings. The Labute approximate surface area is 167 Å². The molecule has 0 saturated heterocycles. The number of ketones is 1. The predicted octanol–water partition coefficient (Wildman–Crippen LogP) is 3.87. The lowest BCUT2D eigenvalue weighted by Gasteiger charge is -2.28. The van der Waals surface area contributed by atoms with Crippen LogP contribution in [0.1, 0.15) is 17.3 Å². The maximum atomic E-state index is 14.4. The van der Waals surface area contributed by atoms with E-state index in [1.165, 1.54) is 11.1 Å². The van der Waals surface area contributed by atoms with Crippen LogP contribution in [0.3, 0.4) is 0 Å². The maximum Gasteiger partial charge on any atom is 0.319 e. The summed E-state index contributed by atoms with van der Waals surface area (Å²) in [5, 5.41) is 10.5. The molecule has 7 heteroatoms. The zero-order valence-electron chi connectivity index (χ0n) is 15.7. The van der Waals surface area contributed by atoms with Crippen LogP contribution in [0.2, 0.25) is 0 Å². The first-order valence-corrected chi connectivity index (χ1v) is 9.00. The first kappa shape index (κ1) is 20.2. The lowest BCUT2D eigenvalue weighted by Crippen LogP contribution is -2.46. The molecular formula is C22H20FN3O3. The summed E-state index contributed by atoms with van der Waals surface area (Å²) in [5.74, 6) is -1.97. The largest absolute Gasteiger partial charge is 0.480 e. The van der Waals surface area contributed by atoms with Gasteiger partial charge in [0, 0.05) is 18.0 Å². The van der Waals surface area contributed by atoms with Gasteiger partial charge < -0.3 is 10.5 Å². The average Bonchev–Trinajstić information content (AvgIpc) is 2.74. The number of hydrogen-bond donors (Lipinski definition) is 2. The van der Waals surface area contributed by atoms with E-state index in [9.17, 15) is 19.1 Å². The molecule has 3 aromatic rings. The maximum absolute atomic E-state index is 14.4. The van der Waals surface area contributed by atoms with Gasteiger partial charge in [-0.2, -0.15) is 0 Å². The molecule has 1 atom stereocenters. The Morgan fingerprint density at radius 3 is 2.41 bits per heavy atom. The van der Waals surface area contributed by atoms with E-state index in [4.69, 9.17) is 0 Å². The molecule has 0 aliphatic carbocycles. The van der Waals surface area contributed by atoms with E-state index in [0.29, 0.717) is 5.56 Å². The zero-order valence-corrected chi connectivity index (χ0v) is 15.7. The highest BCUT2D eigenvalue weighted by atomic mass is 19.1. The summed E-state index contributed by atoms with van der Waals surface area (Å²) >= 11 is 0. The molecule has 1 aromatic heterocycles. The summed E-state index contributed by atoms with van der Waals surface area (Å²) < 4.78 is 14.4. The van der Waals surface area contributed by atoms with Crippen LogP contribution in [0.4, 0.5) is 10.1 Å². The number of aromatic nitrogens is 1. The van der Waals surface area contributed by atoms with Gasteiger partial charge >= 0.3 is 5.97 Å². The van der Waals surface area contributed by atoms with Crippen molar-refractivity contribution in [3.05, 3.63) is 84.4 Å². The lowest BCUT2D eigenvalue weighted by atomic mass is 10.0. The number of nitrogens with zero attached hydrogens (tertiary/aromatic N) is 2. The molecule has 1 unspecified atom stereocenters. The smallest absolute Gasteiger partial charge is 0.319 e. The number of carbonyl (C=O) groups excluding carboxylic acids is 1. The first-order chi connectivity index (χ1) is 14.0. The van der Waals surface area contributed by atoms with Crippen molar-refractivity contribution in [2.45, 2.75) is 13.0 Å². The molecule has 1 heterocycles. The minimum Gasteiger partial charge on any atom is -0.480 e. The van der Waals surface area contributed by atoms with Crippen molar-refractivity contribution >= 4 is 17.4 Å². The first-order valence-electron chi connectivity index (χ1n) is 9.00. The number of benzene rings is 2. The number of carboxylic acid groups (broad SMARTS) is 1. The minimum absolute atomic E-state index is 0.0771. The van der Waals surface area contributed by atoms with E-state index < -0.39 is 24.4 Å². The molecule has 0 radical (unpaired) electrons. The molecule has 2 N–H and O–H groups in total. The third kappa shape index (κ3) is 5.03. The summed E-state index contributed by atoms with van der Waals surface area (Å²) in [7, 11) is 0. The molecule has 0 amide bonds. The second-order valence-electron chi connectivity index (χ2n) is 6.47. The highest BCUT2D eigenvalue weighted by Crippen LogP contribution is 2.25. The normalized spacial score (nSPS) is 11.8. The fourth-order valence-electron chi connectivity index (χ4n) is 2.89. The van der Waals surface area contributed by atoms with Gasteiger partial charge in [0.2, 0.25) is 0 Å². The van der Waals surface area contributed by atoms with Gasteiger partial charge in [-0.25, -0.2) is 9.40 Å². The molecule has 29 heavy (non-hydrogen) atoms. The Hall–Kier alpha value is -3.58. The molecule has 6 nitrogen and oxygen atoms in total. The number of hydrazine groups is 1. The number of nitrogens with one attached hydrogen (secondary N) is 1. The van der Waals surface area contributed by atoms with Crippen molar-refractivity contribution in [3.8, 4) is 11.1 Å². The van der Waals surface area contributed by atoms with Crippen molar-refractivity contribution < 1.29 is 19.1 Å². The average molecular weight is 393 g/mol. The van der Waals surface area contributed by atoms with Crippen LogP contribution < -0.4 is 5.43 Å². The van der Waals surface area contributed by atoms with Crippen molar-refractivity contribution in [3.63, 3.8) is 0 Å². The molecule has 148 valence electrons. The van der Waals surface area contributed by atoms with Crippen LogP contribution in [-0.2, 0) is 4.79 Å². The summed E-state index contributed by atoms with van der Waals surface area (Å²) in [6.45, 7) is 1.09. The Kier molecular flexibility index (Phi) is 6.31. The van der Waals surface area contributed by atoms with Gasteiger partial charge in [-0.15, -0.1) is 0 Å². The summed E-state index contributed by atoms with van der Waals surface area (Å²) in [6.07, 6.45) is 3.26. The number of carboxylic acids is 1. The topological polar surface area (TPSA) is 82.5 Å². The van der Waals surface area contributed by atoms with Gasteiger partial charge in [-0.05, 0) is 42.3 Å². The summed E-state index contributed by atoms with van der Waals surface area (Å²) in [4.78, 5) is 28.1. The number of pyridine rings is 1. The van der Waals surface area contributed by atoms with Crippen molar-refractivity contribution in [2.75, 3.05) is 12.0 Å². The third-order valence-corrected chi connectivity index (χ3v) is 4.45. The molecular weight excluding hydrogens is 373 g/mol.